The molecule has 1 atom stereocenters. The normalized spacial score (nSPS) is 19.4. The first-order chi connectivity index (χ1) is 9.05. The molecule has 0 spiro atoms. The standard InChI is InChI=1S/C15H24FN3/c1-15(2,19-10-4-3-5-11-19)14(18-17)12-6-8-13(16)9-7-12/h6-9,14,18H,3-5,10-11,17H2,1-2H3. The van der Waals surface area contributed by atoms with E-state index in [-0.39, 0.29) is 17.4 Å². The zero-order valence-corrected chi connectivity index (χ0v) is 11.8. The molecular formula is C15H24FN3. The zero-order chi connectivity index (χ0) is 13.9. The van der Waals surface area contributed by atoms with Crippen LogP contribution in [0, 0.1) is 5.82 Å². The van der Waals surface area contributed by atoms with E-state index in [9.17, 15) is 4.39 Å². The fourth-order valence-electron chi connectivity index (χ4n) is 3.02. The number of halogens is 1. The Morgan fingerprint density at radius 1 is 1.16 bits per heavy atom. The van der Waals surface area contributed by atoms with Gasteiger partial charge in [0.15, 0.2) is 0 Å². The number of rotatable bonds is 4. The number of piperidine rings is 1. The summed E-state index contributed by atoms with van der Waals surface area (Å²) in [5.41, 5.74) is 3.85. The number of nitrogens with one attached hydrogen (secondary N) is 1. The third kappa shape index (κ3) is 3.14. The summed E-state index contributed by atoms with van der Waals surface area (Å²) >= 11 is 0. The van der Waals surface area contributed by atoms with Crippen LogP contribution in [-0.2, 0) is 0 Å². The van der Waals surface area contributed by atoms with Crippen LogP contribution in [0.4, 0.5) is 4.39 Å². The molecule has 0 saturated carbocycles. The largest absolute Gasteiger partial charge is 0.296 e. The predicted molar refractivity (Wildman–Crippen MR) is 76.0 cm³/mol. The van der Waals surface area contributed by atoms with Gasteiger partial charge in [-0.3, -0.25) is 16.2 Å². The molecule has 4 heteroatoms. The molecule has 1 saturated heterocycles. The smallest absolute Gasteiger partial charge is 0.123 e. The van der Waals surface area contributed by atoms with Gasteiger partial charge in [0.1, 0.15) is 5.82 Å². The first-order valence-electron chi connectivity index (χ1n) is 7.02. The van der Waals surface area contributed by atoms with E-state index in [1.165, 1.54) is 31.4 Å². The third-order valence-electron chi connectivity index (χ3n) is 4.25. The average molecular weight is 265 g/mol. The minimum Gasteiger partial charge on any atom is -0.296 e. The monoisotopic (exact) mass is 265 g/mol. The van der Waals surface area contributed by atoms with E-state index in [1.807, 2.05) is 12.1 Å². The predicted octanol–water partition coefficient (Wildman–Crippen LogP) is 2.59. The maximum absolute atomic E-state index is 13.0. The van der Waals surface area contributed by atoms with E-state index in [4.69, 9.17) is 5.84 Å². The summed E-state index contributed by atoms with van der Waals surface area (Å²) in [6.07, 6.45) is 3.79. The van der Waals surface area contributed by atoms with Crippen molar-refractivity contribution in [3.63, 3.8) is 0 Å². The van der Waals surface area contributed by atoms with Crippen molar-refractivity contribution >= 4 is 0 Å². The fraction of sp³-hybridized carbons (Fsp3) is 0.600. The first kappa shape index (κ1) is 14.4. The van der Waals surface area contributed by atoms with Crippen molar-refractivity contribution in [2.24, 2.45) is 5.84 Å². The molecule has 0 radical (unpaired) electrons. The maximum atomic E-state index is 13.0. The van der Waals surface area contributed by atoms with Crippen molar-refractivity contribution in [1.29, 1.82) is 0 Å². The number of hydrogen-bond donors (Lipinski definition) is 2. The molecule has 3 nitrogen and oxygen atoms in total. The maximum Gasteiger partial charge on any atom is 0.123 e. The van der Waals surface area contributed by atoms with Crippen LogP contribution in [0.25, 0.3) is 0 Å². The van der Waals surface area contributed by atoms with Crippen LogP contribution in [0.3, 0.4) is 0 Å². The Balaban J connectivity index is 2.21. The van der Waals surface area contributed by atoms with E-state index in [1.54, 1.807) is 0 Å². The Morgan fingerprint density at radius 2 is 1.74 bits per heavy atom. The summed E-state index contributed by atoms with van der Waals surface area (Å²) < 4.78 is 13.0. The highest BCUT2D eigenvalue weighted by molar-refractivity contribution is 5.23. The van der Waals surface area contributed by atoms with E-state index in [0.717, 1.165) is 18.7 Å². The second-order valence-corrected chi connectivity index (χ2v) is 5.85. The highest BCUT2D eigenvalue weighted by Crippen LogP contribution is 2.32. The van der Waals surface area contributed by atoms with Gasteiger partial charge in [-0.1, -0.05) is 18.6 Å². The van der Waals surface area contributed by atoms with Crippen molar-refractivity contribution < 1.29 is 4.39 Å². The molecule has 0 amide bonds. The Bertz CT molecular complexity index is 396. The number of hydrazine groups is 1. The summed E-state index contributed by atoms with van der Waals surface area (Å²) in [6, 6.07) is 6.60. The summed E-state index contributed by atoms with van der Waals surface area (Å²) in [4.78, 5) is 2.48. The van der Waals surface area contributed by atoms with Gasteiger partial charge in [0.2, 0.25) is 0 Å². The van der Waals surface area contributed by atoms with Crippen LogP contribution in [0.2, 0.25) is 0 Å². The van der Waals surface area contributed by atoms with Crippen LogP contribution in [0.1, 0.15) is 44.7 Å². The molecule has 0 bridgehead atoms. The number of likely N-dealkylation sites (tertiary alicyclic amines) is 1. The van der Waals surface area contributed by atoms with Gasteiger partial charge in [-0.2, -0.15) is 0 Å². The van der Waals surface area contributed by atoms with Crippen molar-refractivity contribution in [3.05, 3.63) is 35.6 Å². The number of benzene rings is 1. The Labute approximate surface area is 114 Å². The van der Waals surface area contributed by atoms with Gasteiger partial charge in [0.05, 0.1) is 6.04 Å². The average Bonchev–Trinajstić information content (AvgIpc) is 2.42. The van der Waals surface area contributed by atoms with Gasteiger partial charge >= 0.3 is 0 Å². The molecule has 1 aromatic rings. The summed E-state index contributed by atoms with van der Waals surface area (Å²) in [5.74, 6) is 5.55. The molecule has 3 N–H and O–H groups in total. The first-order valence-corrected chi connectivity index (χ1v) is 7.02. The fourth-order valence-corrected chi connectivity index (χ4v) is 3.02. The van der Waals surface area contributed by atoms with Crippen LogP contribution < -0.4 is 11.3 Å². The van der Waals surface area contributed by atoms with Crippen LogP contribution >= 0.6 is 0 Å². The number of nitrogens with two attached hydrogens (primary N) is 1. The van der Waals surface area contributed by atoms with Crippen LogP contribution in [0.5, 0.6) is 0 Å². The van der Waals surface area contributed by atoms with Crippen molar-refractivity contribution in [1.82, 2.24) is 10.3 Å². The summed E-state index contributed by atoms with van der Waals surface area (Å²) in [5, 5.41) is 0. The highest BCUT2D eigenvalue weighted by atomic mass is 19.1. The lowest BCUT2D eigenvalue weighted by Gasteiger charge is -2.45. The summed E-state index contributed by atoms with van der Waals surface area (Å²) in [6.45, 7) is 6.61. The van der Waals surface area contributed by atoms with Gasteiger partial charge in [0, 0.05) is 5.54 Å². The minimum atomic E-state index is -0.213. The van der Waals surface area contributed by atoms with E-state index in [0.29, 0.717) is 0 Å². The van der Waals surface area contributed by atoms with Crippen molar-refractivity contribution in [2.45, 2.75) is 44.7 Å². The van der Waals surface area contributed by atoms with E-state index < -0.39 is 0 Å². The van der Waals surface area contributed by atoms with Gasteiger partial charge in [0.25, 0.3) is 0 Å². The summed E-state index contributed by atoms with van der Waals surface area (Å²) in [7, 11) is 0. The Kier molecular flexibility index (Phi) is 4.55. The lowest BCUT2D eigenvalue weighted by Crippen LogP contribution is -2.55. The third-order valence-corrected chi connectivity index (χ3v) is 4.25. The SMILES string of the molecule is CC(C)(C(NN)c1ccc(F)cc1)N1CCCCC1. The second kappa shape index (κ2) is 5.99. The van der Waals surface area contributed by atoms with E-state index >= 15 is 0 Å². The van der Waals surface area contributed by atoms with Gasteiger partial charge in [-0.15, -0.1) is 0 Å². The molecule has 19 heavy (non-hydrogen) atoms. The minimum absolute atomic E-state index is 0.00815. The Hall–Kier alpha value is -0.970. The molecule has 0 aliphatic carbocycles. The molecule has 1 heterocycles. The van der Waals surface area contributed by atoms with E-state index in [2.05, 4.69) is 24.2 Å². The topological polar surface area (TPSA) is 41.3 Å². The molecular weight excluding hydrogens is 241 g/mol. The quantitative estimate of drug-likeness (QED) is 0.649. The Morgan fingerprint density at radius 3 is 2.26 bits per heavy atom. The number of hydrogen-bond acceptors (Lipinski definition) is 3. The number of nitrogens with zero attached hydrogens (tertiary/aromatic N) is 1. The molecule has 2 rings (SSSR count). The zero-order valence-electron chi connectivity index (χ0n) is 11.8. The highest BCUT2D eigenvalue weighted by Gasteiger charge is 2.36. The van der Waals surface area contributed by atoms with Crippen LogP contribution in [0.15, 0.2) is 24.3 Å². The molecule has 1 fully saturated rings. The molecule has 1 unspecified atom stereocenters. The molecule has 1 aromatic carbocycles. The molecule has 1 aliphatic heterocycles. The lowest BCUT2D eigenvalue weighted by atomic mass is 9.86. The van der Waals surface area contributed by atoms with Gasteiger partial charge in [-0.05, 0) is 57.5 Å². The molecule has 1 aliphatic rings. The molecule has 0 aromatic heterocycles. The van der Waals surface area contributed by atoms with Gasteiger partial charge < -0.3 is 0 Å². The van der Waals surface area contributed by atoms with Gasteiger partial charge in [-0.25, -0.2) is 4.39 Å². The molecule has 106 valence electrons. The lowest BCUT2D eigenvalue weighted by molar-refractivity contribution is 0.0608. The van der Waals surface area contributed by atoms with Crippen molar-refractivity contribution in [3.8, 4) is 0 Å². The second-order valence-electron chi connectivity index (χ2n) is 5.85. The van der Waals surface area contributed by atoms with Crippen LogP contribution in [-0.4, -0.2) is 23.5 Å². The van der Waals surface area contributed by atoms with Crippen molar-refractivity contribution in [2.75, 3.05) is 13.1 Å².